The quantitative estimate of drug-likeness (QED) is 0.273. The van der Waals surface area contributed by atoms with E-state index in [4.69, 9.17) is 24.7 Å². The monoisotopic (exact) mass is 555 g/mol. The second kappa shape index (κ2) is 11.2. The number of methoxy groups -OCH3 is 4. The van der Waals surface area contributed by atoms with Crippen LogP contribution in [-0.4, -0.2) is 35.5 Å². The number of hydrogen-bond donors (Lipinski definition) is 2. The normalized spacial score (nSPS) is 12.7. The van der Waals surface area contributed by atoms with Crippen molar-refractivity contribution in [2.45, 2.75) is 31.8 Å². The maximum atomic E-state index is 6.79. The lowest BCUT2D eigenvalue weighted by molar-refractivity contribution is 0.389. The molecule has 0 aromatic heterocycles. The maximum absolute atomic E-state index is 6.79. The minimum atomic E-state index is 0.540. The van der Waals surface area contributed by atoms with Crippen molar-refractivity contribution in [1.29, 1.82) is 0 Å². The fraction of sp³-hybridized carbons (Fsp3) is 0.357. The van der Waals surface area contributed by atoms with Gasteiger partial charge in [-0.25, -0.2) is 0 Å². The highest BCUT2D eigenvalue weighted by Crippen LogP contribution is 2.50. The molecular formula is C28H34BrN3O4. The average Bonchev–Trinajstić information content (AvgIpc) is 3.74. The first-order valence-electron chi connectivity index (χ1n) is 11.9. The first kappa shape index (κ1) is 25.8. The lowest BCUT2D eigenvalue weighted by atomic mass is 10.0. The van der Waals surface area contributed by atoms with Gasteiger partial charge in [0.2, 0.25) is 0 Å². The van der Waals surface area contributed by atoms with Gasteiger partial charge in [0.05, 0.1) is 45.5 Å². The molecular weight excluding hydrogens is 522 g/mol. The Morgan fingerprint density at radius 2 is 1.39 bits per heavy atom. The summed E-state index contributed by atoms with van der Waals surface area (Å²) in [5.41, 5.74) is 12.6. The molecule has 1 aliphatic carbocycles. The molecule has 0 spiro atoms. The summed E-state index contributed by atoms with van der Waals surface area (Å²) in [5.74, 6) is 3.53. The zero-order chi connectivity index (χ0) is 25.8. The molecule has 0 aliphatic heterocycles. The summed E-state index contributed by atoms with van der Waals surface area (Å²) in [6.07, 6.45) is 2.37. The Balaban J connectivity index is 1.85. The molecule has 0 atom stereocenters. The van der Waals surface area contributed by atoms with Crippen LogP contribution < -0.4 is 34.9 Å². The van der Waals surface area contributed by atoms with Crippen molar-refractivity contribution >= 4 is 33.0 Å². The van der Waals surface area contributed by atoms with E-state index in [1.165, 1.54) is 18.4 Å². The Morgan fingerprint density at radius 3 is 1.81 bits per heavy atom. The van der Waals surface area contributed by atoms with Crippen LogP contribution in [0.5, 0.6) is 23.0 Å². The number of hydrogen-bond acceptors (Lipinski definition) is 7. The molecule has 1 aliphatic rings. The fourth-order valence-electron chi connectivity index (χ4n) is 4.48. The maximum Gasteiger partial charge on any atom is 0.127 e. The van der Waals surface area contributed by atoms with Crippen LogP contribution in [0.3, 0.4) is 0 Å². The topological polar surface area (TPSA) is 78.2 Å². The minimum Gasteiger partial charge on any atom is -0.497 e. The average molecular weight is 557 g/mol. The number of nitrogen functional groups attached to an aromatic ring is 1. The lowest BCUT2D eigenvalue weighted by Crippen LogP contribution is -2.25. The molecule has 3 aromatic rings. The number of anilines is 3. The van der Waals surface area contributed by atoms with E-state index >= 15 is 0 Å². The van der Waals surface area contributed by atoms with Crippen LogP contribution in [0.25, 0.3) is 0 Å². The molecule has 7 nitrogen and oxygen atoms in total. The van der Waals surface area contributed by atoms with Crippen molar-refractivity contribution < 1.29 is 18.9 Å². The van der Waals surface area contributed by atoms with Crippen LogP contribution in [-0.2, 0) is 13.1 Å². The summed E-state index contributed by atoms with van der Waals surface area (Å²) in [4.78, 5) is 2.26. The van der Waals surface area contributed by atoms with Gasteiger partial charge in [0.25, 0.3) is 0 Å². The second-order valence-corrected chi connectivity index (χ2v) is 9.62. The minimum absolute atomic E-state index is 0.540. The van der Waals surface area contributed by atoms with Gasteiger partial charge < -0.3 is 34.9 Å². The number of nitrogens with zero attached hydrogens (tertiary/aromatic N) is 1. The van der Waals surface area contributed by atoms with E-state index < -0.39 is 0 Å². The lowest BCUT2D eigenvalue weighted by Gasteiger charge is -2.31. The first-order valence-corrected chi connectivity index (χ1v) is 12.7. The Morgan fingerprint density at radius 1 is 0.861 bits per heavy atom. The first-order chi connectivity index (χ1) is 17.4. The molecule has 1 saturated carbocycles. The molecule has 8 heteroatoms. The van der Waals surface area contributed by atoms with Crippen LogP contribution in [0.4, 0.5) is 17.1 Å². The van der Waals surface area contributed by atoms with Gasteiger partial charge in [0.15, 0.2) is 0 Å². The van der Waals surface area contributed by atoms with Gasteiger partial charge in [0.1, 0.15) is 23.0 Å². The Hall–Kier alpha value is -3.26. The van der Waals surface area contributed by atoms with E-state index in [0.29, 0.717) is 24.7 Å². The van der Waals surface area contributed by atoms with Crippen molar-refractivity contribution in [2.75, 3.05) is 51.4 Å². The largest absolute Gasteiger partial charge is 0.497 e. The summed E-state index contributed by atoms with van der Waals surface area (Å²) < 4.78 is 23.3. The number of rotatable bonds is 11. The van der Waals surface area contributed by atoms with Gasteiger partial charge in [0, 0.05) is 47.9 Å². The van der Waals surface area contributed by atoms with Crippen LogP contribution in [0.2, 0.25) is 0 Å². The van der Waals surface area contributed by atoms with Crippen molar-refractivity contribution in [3.05, 3.63) is 63.6 Å². The fourth-order valence-corrected chi connectivity index (χ4v) is 5.38. The SMILES string of the molecule is CNc1cc(C2CC2)c(Br)c(N(Cc2ccc(OC)cc2OC)Cc2ccc(OC)cc2OC)c1N. The van der Waals surface area contributed by atoms with Gasteiger partial charge >= 0.3 is 0 Å². The van der Waals surface area contributed by atoms with E-state index in [0.717, 1.165) is 50.0 Å². The van der Waals surface area contributed by atoms with E-state index in [9.17, 15) is 0 Å². The third kappa shape index (κ3) is 5.28. The van der Waals surface area contributed by atoms with Crippen molar-refractivity contribution in [1.82, 2.24) is 0 Å². The number of ether oxygens (including phenoxy) is 4. The smallest absolute Gasteiger partial charge is 0.127 e. The van der Waals surface area contributed by atoms with Gasteiger partial charge in [-0.15, -0.1) is 0 Å². The molecule has 1 fully saturated rings. The highest BCUT2D eigenvalue weighted by atomic mass is 79.9. The van der Waals surface area contributed by atoms with Gasteiger partial charge in [-0.3, -0.25) is 0 Å². The number of nitrogens with one attached hydrogen (secondary N) is 1. The third-order valence-corrected chi connectivity index (χ3v) is 7.45. The summed E-state index contributed by atoms with van der Waals surface area (Å²) >= 11 is 3.93. The molecule has 3 aromatic carbocycles. The van der Waals surface area contributed by atoms with Crippen molar-refractivity contribution in [3.63, 3.8) is 0 Å². The van der Waals surface area contributed by atoms with Gasteiger partial charge in [-0.05, 0) is 70.6 Å². The van der Waals surface area contributed by atoms with E-state index in [1.54, 1.807) is 28.4 Å². The molecule has 0 radical (unpaired) electrons. The van der Waals surface area contributed by atoms with E-state index in [-0.39, 0.29) is 0 Å². The van der Waals surface area contributed by atoms with E-state index in [2.05, 4.69) is 32.2 Å². The summed E-state index contributed by atoms with van der Waals surface area (Å²) in [6, 6.07) is 13.9. The predicted octanol–water partition coefficient (Wildman–Crippen LogP) is 6.19. The molecule has 0 unspecified atom stereocenters. The third-order valence-electron chi connectivity index (χ3n) is 6.62. The van der Waals surface area contributed by atoms with Crippen LogP contribution >= 0.6 is 15.9 Å². The van der Waals surface area contributed by atoms with Crippen LogP contribution in [0.15, 0.2) is 46.9 Å². The summed E-state index contributed by atoms with van der Waals surface area (Å²) in [5, 5.41) is 3.29. The summed E-state index contributed by atoms with van der Waals surface area (Å²) in [6.45, 7) is 1.12. The zero-order valence-electron chi connectivity index (χ0n) is 21.5. The Labute approximate surface area is 221 Å². The molecule has 0 heterocycles. The van der Waals surface area contributed by atoms with Gasteiger partial charge in [-0.1, -0.05) is 0 Å². The number of nitrogens with two attached hydrogens (primary N) is 1. The zero-order valence-corrected chi connectivity index (χ0v) is 23.1. The van der Waals surface area contributed by atoms with Crippen LogP contribution in [0, 0.1) is 0 Å². The highest BCUT2D eigenvalue weighted by molar-refractivity contribution is 9.10. The number of benzene rings is 3. The number of halogens is 1. The molecule has 0 amide bonds. The van der Waals surface area contributed by atoms with E-state index in [1.807, 2.05) is 43.4 Å². The molecule has 192 valence electrons. The molecule has 4 rings (SSSR count). The predicted molar refractivity (Wildman–Crippen MR) is 149 cm³/mol. The molecule has 3 N–H and O–H groups in total. The van der Waals surface area contributed by atoms with Gasteiger partial charge in [-0.2, -0.15) is 0 Å². The standard InChI is InChI=1S/C28H34BrN3O4/c1-31-23-14-22(17-6-7-17)26(29)28(27(23)30)32(15-18-8-10-20(33-2)12-24(18)35-4)16-19-9-11-21(34-3)13-25(19)36-5/h8-14,17,31H,6-7,15-16,30H2,1-5H3. The van der Waals surface area contributed by atoms with Crippen molar-refractivity contribution in [2.24, 2.45) is 0 Å². The van der Waals surface area contributed by atoms with Crippen LogP contribution in [0.1, 0.15) is 35.4 Å². The Kier molecular flexibility index (Phi) is 8.04. The second-order valence-electron chi connectivity index (χ2n) is 8.83. The summed E-state index contributed by atoms with van der Waals surface area (Å²) in [7, 11) is 8.55. The Bertz CT molecular complexity index is 1170. The highest BCUT2D eigenvalue weighted by Gasteiger charge is 2.30. The molecule has 36 heavy (non-hydrogen) atoms. The van der Waals surface area contributed by atoms with Crippen molar-refractivity contribution in [3.8, 4) is 23.0 Å². The molecule has 0 saturated heterocycles. The molecule has 0 bridgehead atoms.